The van der Waals surface area contributed by atoms with Gasteiger partial charge in [-0.25, -0.2) is 0 Å². The topological polar surface area (TPSA) is 83.4 Å². The molecule has 1 aliphatic carbocycles. The molecule has 7 heteroatoms. The van der Waals surface area contributed by atoms with Crippen molar-refractivity contribution in [2.75, 3.05) is 14.2 Å². The third-order valence-corrected chi connectivity index (χ3v) is 3.97. The van der Waals surface area contributed by atoms with Crippen LogP contribution in [0.2, 0.25) is 0 Å². The highest BCUT2D eigenvalue weighted by molar-refractivity contribution is 5.85. The lowest BCUT2D eigenvalue weighted by Gasteiger charge is -2.17. The molecule has 3 rings (SSSR count). The number of methoxy groups -OCH3 is 2. The third-order valence-electron chi connectivity index (χ3n) is 3.97. The summed E-state index contributed by atoms with van der Waals surface area (Å²) in [4.78, 5) is 4.47. The molecule has 2 aromatic rings. The van der Waals surface area contributed by atoms with Crippen LogP contribution >= 0.6 is 12.4 Å². The Hall–Kier alpha value is -1.79. The number of halogens is 1. The number of nitrogens with two attached hydrogens (primary N) is 1. The molecule has 0 aliphatic heterocycles. The quantitative estimate of drug-likeness (QED) is 0.930. The Morgan fingerprint density at radius 3 is 2.23 bits per heavy atom. The minimum absolute atomic E-state index is 0. The monoisotopic (exact) mass is 325 g/mol. The summed E-state index contributed by atoms with van der Waals surface area (Å²) in [6.07, 6.45) is 4.00. The van der Waals surface area contributed by atoms with Crippen molar-refractivity contribution in [3.05, 3.63) is 24.0 Å². The van der Waals surface area contributed by atoms with Crippen molar-refractivity contribution in [3.63, 3.8) is 0 Å². The van der Waals surface area contributed by atoms with Gasteiger partial charge in [-0.05, 0) is 25.0 Å². The summed E-state index contributed by atoms with van der Waals surface area (Å²) in [5.41, 5.74) is 6.65. The highest BCUT2D eigenvalue weighted by Gasteiger charge is 2.36. The zero-order chi connectivity index (χ0) is 14.9. The summed E-state index contributed by atoms with van der Waals surface area (Å²) in [7, 11) is 3.20. The van der Waals surface area contributed by atoms with Gasteiger partial charge in [-0.2, -0.15) is 4.98 Å². The van der Waals surface area contributed by atoms with Crippen LogP contribution in [0.15, 0.2) is 22.7 Å². The standard InChI is InChI=1S/C15H19N3O3.ClH/c1-19-11-7-10(8-12(9-11)20-2)13-17-14(18-21-13)15(16)5-3-4-6-15;/h7-9H,3-6,16H2,1-2H3;1H. The van der Waals surface area contributed by atoms with E-state index in [0.717, 1.165) is 31.2 Å². The average molecular weight is 326 g/mol. The van der Waals surface area contributed by atoms with Gasteiger partial charge in [-0.15, -0.1) is 12.4 Å². The fourth-order valence-corrected chi connectivity index (χ4v) is 2.70. The summed E-state index contributed by atoms with van der Waals surface area (Å²) in [6.45, 7) is 0. The van der Waals surface area contributed by atoms with Crippen molar-refractivity contribution in [2.45, 2.75) is 31.2 Å². The molecule has 1 saturated carbocycles. The minimum atomic E-state index is -0.454. The van der Waals surface area contributed by atoms with E-state index in [1.54, 1.807) is 20.3 Å². The number of ether oxygens (including phenoxy) is 2. The first kappa shape index (κ1) is 16.6. The molecule has 1 fully saturated rings. The van der Waals surface area contributed by atoms with E-state index in [1.807, 2.05) is 12.1 Å². The van der Waals surface area contributed by atoms with E-state index >= 15 is 0 Å². The molecule has 0 unspecified atom stereocenters. The Bertz CT molecular complexity index is 616. The number of nitrogens with zero attached hydrogens (tertiary/aromatic N) is 2. The fourth-order valence-electron chi connectivity index (χ4n) is 2.70. The molecule has 2 N–H and O–H groups in total. The van der Waals surface area contributed by atoms with Crippen molar-refractivity contribution in [3.8, 4) is 23.0 Å². The van der Waals surface area contributed by atoms with E-state index in [9.17, 15) is 0 Å². The third kappa shape index (κ3) is 3.03. The Morgan fingerprint density at radius 2 is 1.68 bits per heavy atom. The number of hydrogen-bond donors (Lipinski definition) is 1. The normalized spacial score (nSPS) is 16.1. The van der Waals surface area contributed by atoms with Gasteiger partial charge in [0.25, 0.3) is 5.89 Å². The number of benzene rings is 1. The molecule has 6 nitrogen and oxygen atoms in total. The minimum Gasteiger partial charge on any atom is -0.497 e. The van der Waals surface area contributed by atoms with Gasteiger partial charge in [0.15, 0.2) is 5.82 Å². The highest BCUT2D eigenvalue weighted by Crippen LogP contribution is 2.36. The maximum Gasteiger partial charge on any atom is 0.258 e. The molecular weight excluding hydrogens is 306 g/mol. The van der Waals surface area contributed by atoms with Gasteiger partial charge in [-0.1, -0.05) is 18.0 Å². The lowest BCUT2D eigenvalue weighted by atomic mass is 9.99. The largest absolute Gasteiger partial charge is 0.497 e. The maximum atomic E-state index is 6.35. The molecule has 1 heterocycles. The van der Waals surface area contributed by atoms with Gasteiger partial charge < -0.3 is 19.7 Å². The highest BCUT2D eigenvalue weighted by atomic mass is 35.5. The van der Waals surface area contributed by atoms with Gasteiger partial charge in [0.1, 0.15) is 11.5 Å². The number of aromatic nitrogens is 2. The molecule has 0 saturated heterocycles. The second kappa shape index (κ2) is 6.54. The van der Waals surface area contributed by atoms with Crippen molar-refractivity contribution in [2.24, 2.45) is 5.73 Å². The average Bonchev–Trinajstić information content (AvgIpc) is 3.16. The van der Waals surface area contributed by atoms with E-state index in [0.29, 0.717) is 23.2 Å². The predicted octanol–water partition coefficient (Wildman–Crippen LogP) is 2.90. The fraction of sp³-hybridized carbons (Fsp3) is 0.467. The Kier molecular flexibility index (Phi) is 4.93. The van der Waals surface area contributed by atoms with Crippen LogP contribution in [0, 0.1) is 0 Å². The van der Waals surface area contributed by atoms with Crippen LogP contribution in [0.4, 0.5) is 0 Å². The second-order valence-corrected chi connectivity index (χ2v) is 5.39. The van der Waals surface area contributed by atoms with Gasteiger partial charge in [0, 0.05) is 11.6 Å². The Labute approximate surface area is 135 Å². The van der Waals surface area contributed by atoms with E-state index in [-0.39, 0.29) is 12.4 Å². The number of hydrogen-bond acceptors (Lipinski definition) is 6. The van der Waals surface area contributed by atoms with E-state index < -0.39 is 5.54 Å². The Morgan fingerprint density at radius 1 is 1.09 bits per heavy atom. The Balaban J connectivity index is 0.00000176. The van der Waals surface area contributed by atoms with Crippen molar-refractivity contribution in [1.29, 1.82) is 0 Å². The van der Waals surface area contributed by atoms with E-state index in [2.05, 4.69) is 10.1 Å². The SMILES string of the molecule is COc1cc(OC)cc(-c2nc(C3(N)CCCC3)no2)c1.Cl. The van der Waals surface area contributed by atoms with E-state index in [1.165, 1.54) is 0 Å². The van der Waals surface area contributed by atoms with E-state index in [4.69, 9.17) is 19.7 Å². The molecule has 0 bridgehead atoms. The van der Waals surface area contributed by atoms with Crippen LogP contribution in [0.25, 0.3) is 11.5 Å². The van der Waals surface area contributed by atoms with Crippen LogP contribution in [0.5, 0.6) is 11.5 Å². The maximum absolute atomic E-state index is 6.35. The smallest absolute Gasteiger partial charge is 0.258 e. The first-order valence-corrected chi connectivity index (χ1v) is 7.01. The van der Waals surface area contributed by atoms with Crippen LogP contribution in [-0.2, 0) is 5.54 Å². The summed E-state index contributed by atoms with van der Waals surface area (Å²) in [6, 6.07) is 5.46. The molecular formula is C15H20ClN3O3. The predicted molar refractivity (Wildman–Crippen MR) is 84.4 cm³/mol. The summed E-state index contributed by atoms with van der Waals surface area (Å²) >= 11 is 0. The van der Waals surface area contributed by atoms with Gasteiger partial charge >= 0.3 is 0 Å². The zero-order valence-electron chi connectivity index (χ0n) is 12.7. The molecule has 0 atom stereocenters. The van der Waals surface area contributed by atoms with Crippen LogP contribution < -0.4 is 15.2 Å². The van der Waals surface area contributed by atoms with Crippen LogP contribution in [0.1, 0.15) is 31.5 Å². The molecule has 1 aromatic heterocycles. The van der Waals surface area contributed by atoms with Crippen molar-refractivity contribution >= 4 is 12.4 Å². The molecule has 0 spiro atoms. The summed E-state index contributed by atoms with van der Waals surface area (Å²) < 4.78 is 15.9. The summed E-state index contributed by atoms with van der Waals surface area (Å²) in [5, 5.41) is 4.06. The zero-order valence-corrected chi connectivity index (χ0v) is 13.5. The van der Waals surface area contributed by atoms with Crippen LogP contribution in [0.3, 0.4) is 0 Å². The summed E-state index contributed by atoms with van der Waals surface area (Å²) in [5.74, 6) is 2.36. The van der Waals surface area contributed by atoms with Gasteiger partial charge in [0.05, 0.1) is 19.8 Å². The van der Waals surface area contributed by atoms with Crippen LogP contribution in [-0.4, -0.2) is 24.4 Å². The van der Waals surface area contributed by atoms with Gasteiger partial charge in [0.2, 0.25) is 0 Å². The second-order valence-electron chi connectivity index (χ2n) is 5.39. The van der Waals surface area contributed by atoms with Gasteiger partial charge in [-0.3, -0.25) is 0 Å². The molecule has 0 amide bonds. The first-order valence-electron chi connectivity index (χ1n) is 7.01. The van der Waals surface area contributed by atoms with Crippen molar-refractivity contribution in [1.82, 2.24) is 10.1 Å². The molecule has 1 aliphatic rings. The molecule has 22 heavy (non-hydrogen) atoms. The lowest BCUT2D eigenvalue weighted by Crippen LogP contribution is -2.34. The van der Waals surface area contributed by atoms with Crippen molar-refractivity contribution < 1.29 is 14.0 Å². The molecule has 1 aromatic carbocycles. The number of rotatable bonds is 4. The first-order chi connectivity index (χ1) is 10.1. The lowest BCUT2D eigenvalue weighted by molar-refractivity contribution is 0.371. The molecule has 0 radical (unpaired) electrons. The molecule has 120 valence electrons.